The lowest BCUT2D eigenvalue weighted by molar-refractivity contribution is -0.169. The van der Waals surface area contributed by atoms with Gasteiger partial charge in [0.1, 0.15) is 46.0 Å². The van der Waals surface area contributed by atoms with Gasteiger partial charge in [-0.1, -0.05) is 67.6 Å². The maximum atomic E-state index is 14.3. The summed E-state index contributed by atoms with van der Waals surface area (Å²) in [5.41, 5.74) is 1.03. The summed E-state index contributed by atoms with van der Waals surface area (Å²) in [6.45, 7) is 1.65. The standard InChI is InChI=1S/C46H48N3O9P/c1-26-30-23-24-31(39(51)34(30)40(52)35-33(26)41(53)37-38(49(2)3)42(54)36(45(47)57)44(56)46(37,58)43(35)55)48-32(50)22-14-7-15-25-59(27-16-8-4-9-17-27,28-18-10-5-11-19-28)29-20-12-6-13-21-29/h4-6,8-13,16-21,23-24,26,33,37-38,41,53,58H,7,14-15,22,25H2,1-3H3,(H5-,47,48,50,51,52,54,55,56,57)/p+1/t26-,33?,37?,38-,41?,46-/m0/s1. The molecule has 306 valence electrons. The van der Waals surface area contributed by atoms with E-state index >= 15 is 0 Å². The third-order valence-electron chi connectivity index (χ3n) is 12.4. The first-order valence-electron chi connectivity index (χ1n) is 19.7. The van der Waals surface area contributed by atoms with E-state index in [-0.39, 0.29) is 23.6 Å². The zero-order valence-electron chi connectivity index (χ0n) is 33.1. The number of likely N-dealkylation sites (N-methyl/N-ethyl adjacent to an activating group) is 1. The van der Waals surface area contributed by atoms with E-state index in [0.717, 1.165) is 19.0 Å². The quantitative estimate of drug-likeness (QED) is 0.0473. The van der Waals surface area contributed by atoms with Crippen LogP contribution in [0.3, 0.4) is 0 Å². The van der Waals surface area contributed by atoms with Crippen molar-refractivity contribution in [2.75, 3.05) is 25.6 Å². The molecule has 8 N–H and O–H groups in total. The average molecular weight is 819 g/mol. The summed E-state index contributed by atoms with van der Waals surface area (Å²) < 4.78 is 0. The Labute approximate surface area is 343 Å². The number of nitrogens with two attached hydrogens (primary N) is 1. The SMILES string of the molecule is C[C@H]1c2ccc(NC(=O)CCCCC[P+](c3ccccc3)(c3ccccc3)c3ccccc3)c(O)c2C(O)=C2C(=O)[C@]3(O)C(O)=C(C(N)=O)C(=O)[C@@H](N(C)C)C3C(O)C21. The Morgan fingerprint density at radius 1 is 0.814 bits per heavy atom. The minimum Gasteiger partial charge on any atom is -0.508 e. The van der Waals surface area contributed by atoms with Crippen molar-refractivity contribution in [1.29, 1.82) is 0 Å². The van der Waals surface area contributed by atoms with Crippen LogP contribution in [0.25, 0.3) is 5.76 Å². The van der Waals surface area contributed by atoms with Crippen LogP contribution in [-0.4, -0.2) is 91.8 Å². The van der Waals surface area contributed by atoms with E-state index in [4.69, 9.17) is 5.73 Å². The maximum Gasteiger partial charge on any atom is 0.255 e. The highest BCUT2D eigenvalue weighted by atomic mass is 31.2. The number of carbonyl (C=O) groups excluding carboxylic acids is 4. The van der Waals surface area contributed by atoms with Crippen molar-refractivity contribution >= 4 is 58.0 Å². The van der Waals surface area contributed by atoms with Gasteiger partial charge in [-0.25, -0.2) is 0 Å². The Balaban J connectivity index is 1.11. The molecule has 7 rings (SSSR count). The van der Waals surface area contributed by atoms with Gasteiger partial charge in [-0.2, -0.15) is 0 Å². The summed E-state index contributed by atoms with van der Waals surface area (Å²) in [6, 6.07) is 33.3. The molecule has 0 bridgehead atoms. The molecule has 59 heavy (non-hydrogen) atoms. The molecule has 3 aliphatic carbocycles. The lowest BCUT2D eigenvalue weighted by atomic mass is 9.54. The van der Waals surface area contributed by atoms with Crippen molar-refractivity contribution in [2.24, 2.45) is 17.6 Å². The van der Waals surface area contributed by atoms with Crippen molar-refractivity contribution in [3.05, 3.63) is 131 Å². The number of carbonyl (C=O) groups is 4. The molecule has 0 radical (unpaired) electrons. The third-order valence-corrected chi connectivity index (χ3v) is 16.9. The molecule has 0 heterocycles. The zero-order valence-corrected chi connectivity index (χ0v) is 34.0. The Morgan fingerprint density at radius 2 is 1.36 bits per heavy atom. The summed E-state index contributed by atoms with van der Waals surface area (Å²) in [5.74, 6) is -10.2. The molecule has 3 unspecified atom stereocenters. The third kappa shape index (κ3) is 6.74. The molecule has 0 aromatic heterocycles. The summed E-state index contributed by atoms with van der Waals surface area (Å²) in [7, 11) is 0.878. The monoisotopic (exact) mass is 818 g/mol. The molecule has 2 amide bonds. The number of anilines is 1. The van der Waals surface area contributed by atoms with E-state index in [9.17, 15) is 44.7 Å². The van der Waals surface area contributed by atoms with Gasteiger partial charge in [-0.15, -0.1) is 0 Å². The maximum absolute atomic E-state index is 14.3. The average Bonchev–Trinajstić information content (AvgIpc) is 3.22. The highest BCUT2D eigenvalue weighted by Crippen LogP contribution is 2.58. The number of rotatable bonds is 12. The van der Waals surface area contributed by atoms with Gasteiger partial charge < -0.3 is 36.6 Å². The van der Waals surface area contributed by atoms with Gasteiger partial charge in [0.15, 0.2) is 11.4 Å². The molecule has 0 aliphatic heterocycles. The fraction of sp³-hybridized carbons (Fsp3) is 0.304. The van der Waals surface area contributed by atoms with E-state index in [1.807, 2.05) is 18.2 Å². The predicted octanol–water partition coefficient (Wildman–Crippen LogP) is 3.99. The first kappa shape index (κ1) is 41.5. The minimum atomic E-state index is -3.02. The number of aliphatic hydroxyl groups is 4. The van der Waals surface area contributed by atoms with Crippen molar-refractivity contribution in [1.82, 2.24) is 4.90 Å². The Hall–Kier alpha value is -5.65. The van der Waals surface area contributed by atoms with E-state index < -0.39 is 88.7 Å². The van der Waals surface area contributed by atoms with Crippen molar-refractivity contribution in [3.8, 4) is 5.75 Å². The second-order valence-corrected chi connectivity index (χ2v) is 19.5. The highest BCUT2D eigenvalue weighted by molar-refractivity contribution is 7.95. The molecule has 1 saturated carbocycles. The van der Waals surface area contributed by atoms with E-state index in [1.165, 1.54) is 41.0 Å². The fourth-order valence-electron chi connectivity index (χ4n) is 9.62. The molecule has 4 aromatic rings. The van der Waals surface area contributed by atoms with Crippen LogP contribution in [0.4, 0.5) is 5.69 Å². The number of benzene rings is 4. The first-order valence-corrected chi connectivity index (χ1v) is 21.7. The van der Waals surface area contributed by atoms with Gasteiger partial charge in [-0.3, -0.25) is 24.1 Å². The number of Topliss-reactive ketones (excluding diaryl/α,β-unsaturated/α-hetero) is 2. The number of nitrogens with one attached hydrogen (secondary N) is 1. The van der Waals surface area contributed by atoms with Gasteiger partial charge in [0.25, 0.3) is 5.91 Å². The predicted molar refractivity (Wildman–Crippen MR) is 227 cm³/mol. The lowest BCUT2D eigenvalue weighted by Crippen LogP contribution is -2.70. The molecular formula is C46H49N3O9P+. The largest absolute Gasteiger partial charge is 0.508 e. The number of hydrogen-bond acceptors (Lipinski definition) is 10. The van der Waals surface area contributed by atoms with E-state index in [1.54, 1.807) is 13.0 Å². The van der Waals surface area contributed by atoms with Gasteiger partial charge in [0.2, 0.25) is 11.7 Å². The van der Waals surface area contributed by atoms with Crippen LogP contribution in [-0.2, 0) is 19.2 Å². The number of hydrogen-bond donors (Lipinski definition) is 7. The number of fused-ring (bicyclic) bond motifs is 3. The number of phenols is 1. The van der Waals surface area contributed by atoms with Crippen molar-refractivity contribution < 1.29 is 44.7 Å². The van der Waals surface area contributed by atoms with Crippen LogP contribution < -0.4 is 27.0 Å². The van der Waals surface area contributed by atoms with E-state index in [0.29, 0.717) is 12.0 Å². The number of unbranched alkanes of at least 4 members (excludes halogenated alkanes) is 2. The van der Waals surface area contributed by atoms with Gasteiger partial charge in [0.05, 0.1) is 35.5 Å². The second kappa shape index (κ2) is 16.2. The molecule has 4 aromatic carbocycles. The lowest BCUT2D eigenvalue weighted by Gasteiger charge is -2.53. The Morgan fingerprint density at radius 3 is 1.86 bits per heavy atom. The number of nitrogens with zero attached hydrogens (tertiary/aromatic N) is 1. The van der Waals surface area contributed by atoms with Crippen molar-refractivity contribution in [3.63, 3.8) is 0 Å². The van der Waals surface area contributed by atoms with Crippen LogP contribution in [0.5, 0.6) is 5.75 Å². The van der Waals surface area contributed by atoms with Crippen LogP contribution in [0, 0.1) is 11.8 Å². The minimum absolute atomic E-state index is 0.0242. The second-order valence-electron chi connectivity index (χ2n) is 15.9. The molecule has 3 aliphatic rings. The molecule has 0 spiro atoms. The van der Waals surface area contributed by atoms with Gasteiger partial charge >= 0.3 is 0 Å². The van der Waals surface area contributed by atoms with Gasteiger partial charge in [0, 0.05) is 17.9 Å². The molecular weight excluding hydrogens is 769 g/mol. The molecule has 1 fully saturated rings. The molecule has 13 heteroatoms. The van der Waals surface area contributed by atoms with Crippen molar-refractivity contribution in [2.45, 2.75) is 56.3 Å². The normalized spacial score (nSPS) is 24.1. The Bertz CT molecular complexity index is 2270. The topological polar surface area (TPSA) is 211 Å². The molecule has 0 saturated heterocycles. The number of amides is 2. The highest BCUT2D eigenvalue weighted by Gasteiger charge is 2.68. The summed E-state index contributed by atoms with van der Waals surface area (Å²) >= 11 is 0. The van der Waals surface area contributed by atoms with Crippen LogP contribution in [0.15, 0.2) is 120 Å². The number of aliphatic hydroxyl groups excluding tert-OH is 3. The van der Waals surface area contributed by atoms with Crippen LogP contribution in [0.1, 0.15) is 49.7 Å². The van der Waals surface area contributed by atoms with Gasteiger partial charge in [-0.05, 0) is 87.3 Å². The zero-order chi connectivity index (χ0) is 42.4. The number of aromatic hydroxyl groups is 1. The molecule has 12 nitrogen and oxygen atoms in total. The smallest absolute Gasteiger partial charge is 0.255 e. The number of phenolic OH excluding ortho intramolecular Hbond substituents is 1. The fourth-order valence-corrected chi connectivity index (χ4v) is 14.0. The van der Waals surface area contributed by atoms with Crippen LogP contribution in [0.2, 0.25) is 0 Å². The summed E-state index contributed by atoms with van der Waals surface area (Å²) in [6.07, 6.45) is 1.53. The summed E-state index contributed by atoms with van der Waals surface area (Å²) in [4.78, 5) is 54.7. The van der Waals surface area contributed by atoms with E-state index in [2.05, 4.69) is 78.1 Å². The first-order chi connectivity index (χ1) is 28.2. The molecule has 6 atom stereocenters. The Kier molecular flexibility index (Phi) is 11.4. The summed E-state index contributed by atoms with van der Waals surface area (Å²) in [5, 5.41) is 64.8. The number of primary amides is 1. The van der Waals surface area contributed by atoms with Crippen LogP contribution >= 0.6 is 7.26 Å². The number of ketones is 2.